The average molecular weight is 332 g/mol. The molecule has 1 saturated heterocycles. The summed E-state index contributed by atoms with van der Waals surface area (Å²) in [5.74, 6) is 2.10. The van der Waals surface area contributed by atoms with Crippen molar-refractivity contribution < 1.29 is 9.59 Å². The first-order valence-electron chi connectivity index (χ1n) is 7.24. The number of urea groups is 1. The van der Waals surface area contributed by atoms with Crippen molar-refractivity contribution in [3.05, 3.63) is 36.2 Å². The van der Waals surface area contributed by atoms with Crippen molar-refractivity contribution in [3.63, 3.8) is 0 Å². The lowest BCUT2D eigenvalue weighted by Crippen LogP contribution is -2.32. The van der Waals surface area contributed by atoms with E-state index >= 15 is 0 Å². The standard InChI is InChI=1S/C14H16N6O2S/c21-13-9-15-14(22)19(13)7-4-8-23-10-12-16-17-18-20(12)11-5-2-1-3-6-11/h1-3,5-6H,4,7-10H2,(H,15,22). The minimum absolute atomic E-state index is 0.109. The van der Waals surface area contributed by atoms with Gasteiger partial charge in [0.25, 0.3) is 0 Å². The van der Waals surface area contributed by atoms with E-state index in [2.05, 4.69) is 20.8 Å². The zero-order valence-corrected chi connectivity index (χ0v) is 13.2. The van der Waals surface area contributed by atoms with Gasteiger partial charge in [-0.3, -0.25) is 9.69 Å². The minimum Gasteiger partial charge on any atom is -0.329 e. The quantitative estimate of drug-likeness (QED) is 0.596. The number of amides is 3. The smallest absolute Gasteiger partial charge is 0.324 e. The summed E-state index contributed by atoms with van der Waals surface area (Å²) >= 11 is 1.67. The van der Waals surface area contributed by atoms with Crippen molar-refractivity contribution in [1.29, 1.82) is 0 Å². The SMILES string of the molecule is O=C1CNC(=O)N1CCCSCc1nnnn1-c1ccccc1. The second-order valence-electron chi connectivity index (χ2n) is 4.95. The first-order chi connectivity index (χ1) is 11.3. The molecule has 3 amide bonds. The molecule has 1 aliphatic heterocycles. The molecule has 0 aliphatic carbocycles. The van der Waals surface area contributed by atoms with Crippen molar-refractivity contribution in [1.82, 2.24) is 30.4 Å². The molecule has 1 aliphatic rings. The van der Waals surface area contributed by atoms with Gasteiger partial charge in [-0.2, -0.15) is 16.4 Å². The molecule has 0 unspecified atom stereocenters. The molecule has 0 atom stereocenters. The van der Waals surface area contributed by atoms with E-state index in [4.69, 9.17) is 0 Å². The Bertz CT molecular complexity index is 674. The molecular formula is C14H16N6O2S. The van der Waals surface area contributed by atoms with Gasteiger partial charge in [-0.05, 0) is 34.7 Å². The van der Waals surface area contributed by atoms with E-state index in [1.807, 2.05) is 30.3 Å². The van der Waals surface area contributed by atoms with Gasteiger partial charge in [0, 0.05) is 6.54 Å². The molecule has 8 nitrogen and oxygen atoms in total. The van der Waals surface area contributed by atoms with Gasteiger partial charge >= 0.3 is 6.03 Å². The third-order valence-corrected chi connectivity index (χ3v) is 4.41. The van der Waals surface area contributed by atoms with Crippen LogP contribution in [0.1, 0.15) is 12.2 Å². The lowest BCUT2D eigenvalue weighted by molar-refractivity contribution is -0.124. The third-order valence-electron chi connectivity index (χ3n) is 3.37. The summed E-state index contributed by atoms with van der Waals surface area (Å²) in [5.41, 5.74) is 0.924. The Morgan fingerprint density at radius 3 is 2.78 bits per heavy atom. The molecule has 1 aromatic heterocycles. The fourth-order valence-corrected chi connectivity index (χ4v) is 3.08. The number of carbonyl (C=O) groups is 2. The highest BCUT2D eigenvalue weighted by Gasteiger charge is 2.27. The average Bonchev–Trinajstić information content (AvgIpc) is 3.16. The van der Waals surface area contributed by atoms with Gasteiger partial charge in [-0.15, -0.1) is 5.10 Å². The van der Waals surface area contributed by atoms with Gasteiger partial charge in [0.15, 0.2) is 5.82 Å². The van der Waals surface area contributed by atoms with E-state index in [0.717, 1.165) is 23.7 Å². The molecule has 3 rings (SSSR count). The normalized spacial score (nSPS) is 14.3. The van der Waals surface area contributed by atoms with Crippen LogP contribution in [0.25, 0.3) is 5.69 Å². The molecule has 0 saturated carbocycles. The fourth-order valence-electron chi connectivity index (χ4n) is 2.24. The maximum atomic E-state index is 11.4. The number of para-hydroxylation sites is 1. The highest BCUT2D eigenvalue weighted by molar-refractivity contribution is 7.98. The van der Waals surface area contributed by atoms with Crippen molar-refractivity contribution in [3.8, 4) is 5.69 Å². The molecule has 23 heavy (non-hydrogen) atoms. The number of rotatable bonds is 7. The predicted molar refractivity (Wildman–Crippen MR) is 85.0 cm³/mol. The monoisotopic (exact) mass is 332 g/mol. The zero-order chi connectivity index (χ0) is 16.1. The molecule has 2 heterocycles. The Labute approximate surface area is 137 Å². The van der Waals surface area contributed by atoms with Crippen molar-refractivity contribution in [2.24, 2.45) is 0 Å². The second kappa shape index (κ2) is 7.23. The Kier molecular flexibility index (Phi) is 4.86. The highest BCUT2D eigenvalue weighted by Crippen LogP contribution is 2.14. The lowest BCUT2D eigenvalue weighted by Gasteiger charge is -2.11. The first-order valence-corrected chi connectivity index (χ1v) is 8.40. The Balaban J connectivity index is 1.46. The fraction of sp³-hybridized carbons (Fsp3) is 0.357. The van der Waals surface area contributed by atoms with Crippen LogP contribution < -0.4 is 5.32 Å². The first kappa shape index (κ1) is 15.5. The summed E-state index contributed by atoms with van der Waals surface area (Å²) in [6.45, 7) is 0.555. The predicted octanol–water partition coefficient (Wildman–Crippen LogP) is 0.837. The van der Waals surface area contributed by atoms with Crippen LogP contribution in [0.4, 0.5) is 4.79 Å². The van der Waals surface area contributed by atoms with E-state index in [1.54, 1.807) is 16.4 Å². The topological polar surface area (TPSA) is 93.0 Å². The number of carbonyl (C=O) groups excluding carboxylic acids is 2. The molecule has 0 bridgehead atoms. The van der Waals surface area contributed by atoms with Gasteiger partial charge in [-0.25, -0.2) is 4.79 Å². The zero-order valence-electron chi connectivity index (χ0n) is 12.4. The number of thioether (sulfide) groups is 1. The molecule has 1 fully saturated rings. The van der Waals surface area contributed by atoms with Crippen LogP contribution in [0, 0.1) is 0 Å². The van der Waals surface area contributed by atoms with Crippen LogP contribution in [0.3, 0.4) is 0 Å². The number of aromatic nitrogens is 4. The van der Waals surface area contributed by atoms with Gasteiger partial charge in [0.2, 0.25) is 5.91 Å². The summed E-state index contributed by atoms with van der Waals surface area (Å²) < 4.78 is 1.71. The van der Waals surface area contributed by atoms with Crippen molar-refractivity contribution in [2.45, 2.75) is 12.2 Å². The van der Waals surface area contributed by atoms with Gasteiger partial charge in [0.1, 0.15) is 0 Å². The molecule has 2 aromatic rings. The summed E-state index contributed by atoms with van der Waals surface area (Å²) in [4.78, 5) is 24.1. The molecule has 1 aromatic carbocycles. The molecule has 0 radical (unpaired) electrons. The molecule has 120 valence electrons. The van der Waals surface area contributed by atoms with Crippen LogP contribution in [0.15, 0.2) is 30.3 Å². The van der Waals surface area contributed by atoms with Crippen LogP contribution in [-0.4, -0.2) is 55.9 Å². The van der Waals surface area contributed by atoms with E-state index in [0.29, 0.717) is 12.3 Å². The van der Waals surface area contributed by atoms with Gasteiger partial charge < -0.3 is 5.32 Å². The molecule has 9 heteroatoms. The van der Waals surface area contributed by atoms with E-state index < -0.39 is 0 Å². The van der Waals surface area contributed by atoms with E-state index in [9.17, 15) is 9.59 Å². The van der Waals surface area contributed by atoms with Crippen LogP contribution >= 0.6 is 11.8 Å². The minimum atomic E-state index is -0.298. The van der Waals surface area contributed by atoms with Crippen molar-refractivity contribution >= 4 is 23.7 Å². The highest BCUT2D eigenvalue weighted by atomic mass is 32.2. The summed E-state index contributed by atoms with van der Waals surface area (Å²) in [7, 11) is 0. The molecule has 1 N–H and O–H groups in total. The summed E-state index contributed by atoms with van der Waals surface area (Å²) in [6, 6.07) is 9.41. The van der Waals surface area contributed by atoms with Crippen LogP contribution in [0.5, 0.6) is 0 Å². The molecule has 0 spiro atoms. The van der Waals surface area contributed by atoms with Crippen LogP contribution in [-0.2, 0) is 10.5 Å². The number of hydrogen-bond donors (Lipinski definition) is 1. The lowest BCUT2D eigenvalue weighted by atomic mass is 10.3. The Morgan fingerprint density at radius 2 is 2.04 bits per heavy atom. The van der Waals surface area contributed by atoms with Crippen molar-refractivity contribution in [2.75, 3.05) is 18.8 Å². The Morgan fingerprint density at radius 1 is 1.22 bits per heavy atom. The third kappa shape index (κ3) is 3.67. The number of nitrogens with one attached hydrogen (secondary N) is 1. The number of tetrazole rings is 1. The number of imide groups is 1. The maximum absolute atomic E-state index is 11.4. The van der Waals surface area contributed by atoms with Gasteiger partial charge in [-0.1, -0.05) is 18.2 Å². The summed E-state index contributed by atoms with van der Waals surface area (Å²) in [6.07, 6.45) is 0.747. The number of benzene rings is 1. The molecular weight excluding hydrogens is 316 g/mol. The van der Waals surface area contributed by atoms with Gasteiger partial charge in [0.05, 0.1) is 18.0 Å². The number of hydrogen-bond acceptors (Lipinski definition) is 6. The summed E-state index contributed by atoms with van der Waals surface area (Å²) in [5, 5.41) is 14.3. The van der Waals surface area contributed by atoms with Crippen LogP contribution in [0.2, 0.25) is 0 Å². The van der Waals surface area contributed by atoms with E-state index in [-0.39, 0.29) is 18.5 Å². The number of nitrogens with zero attached hydrogens (tertiary/aromatic N) is 5. The second-order valence-corrected chi connectivity index (χ2v) is 6.06. The Hall–Kier alpha value is -2.42. The van der Waals surface area contributed by atoms with E-state index in [1.165, 1.54) is 4.90 Å². The largest absolute Gasteiger partial charge is 0.329 e. The maximum Gasteiger partial charge on any atom is 0.324 e.